The predicted molar refractivity (Wildman–Crippen MR) is 66.7 cm³/mol. The molecular formula is C12H17N3O3. The van der Waals surface area contributed by atoms with E-state index in [1.807, 2.05) is 13.8 Å². The van der Waals surface area contributed by atoms with Gasteiger partial charge in [-0.25, -0.2) is 0 Å². The molecule has 1 fully saturated rings. The summed E-state index contributed by atoms with van der Waals surface area (Å²) in [5.41, 5.74) is -0.259. The molecule has 1 aromatic heterocycles. The highest BCUT2D eigenvalue weighted by molar-refractivity contribution is 5.94. The van der Waals surface area contributed by atoms with Crippen molar-refractivity contribution in [3.8, 4) is 5.88 Å². The molecule has 0 aromatic carbocycles. The third-order valence-electron chi connectivity index (χ3n) is 3.14. The number of aromatic hydroxyl groups is 1. The van der Waals surface area contributed by atoms with Crippen molar-refractivity contribution < 1.29 is 9.90 Å². The smallest absolute Gasteiger partial charge is 0.254 e. The van der Waals surface area contributed by atoms with Gasteiger partial charge in [0.15, 0.2) is 5.88 Å². The fourth-order valence-corrected chi connectivity index (χ4v) is 2.33. The van der Waals surface area contributed by atoms with Crippen molar-refractivity contribution in [2.24, 2.45) is 0 Å². The first kappa shape index (κ1) is 12.6. The molecule has 2 atom stereocenters. The first-order chi connectivity index (χ1) is 8.49. The van der Waals surface area contributed by atoms with Crippen LogP contribution in [0.4, 0.5) is 0 Å². The van der Waals surface area contributed by atoms with Gasteiger partial charge in [0, 0.05) is 37.3 Å². The second-order valence-electron chi connectivity index (χ2n) is 4.69. The zero-order chi connectivity index (χ0) is 13.3. The summed E-state index contributed by atoms with van der Waals surface area (Å²) in [6, 6.07) is 2.61. The summed E-state index contributed by atoms with van der Waals surface area (Å²) >= 11 is 0. The highest BCUT2D eigenvalue weighted by Crippen LogP contribution is 2.15. The van der Waals surface area contributed by atoms with Crippen LogP contribution in [0.15, 0.2) is 16.9 Å². The Bertz CT molecular complexity index is 502. The van der Waals surface area contributed by atoms with E-state index in [0.717, 1.165) is 13.1 Å². The molecule has 0 aliphatic carbocycles. The van der Waals surface area contributed by atoms with Crippen LogP contribution < -0.4 is 10.9 Å². The fraction of sp³-hybridized carbons (Fsp3) is 0.500. The van der Waals surface area contributed by atoms with E-state index in [0.29, 0.717) is 0 Å². The summed E-state index contributed by atoms with van der Waals surface area (Å²) < 4.78 is 0. The van der Waals surface area contributed by atoms with E-state index in [4.69, 9.17) is 0 Å². The molecule has 0 radical (unpaired) electrons. The molecule has 1 aromatic rings. The minimum atomic E-state index is -0.478. The molecule has 1 aliphatic rings. The van der Waals surface area contributed by atoms with Gasteiger partial charge in [0.25, 0.3) is 11.5 Å². The molecule has 1 aliphatic heterocycles. The SMILES string of the molecule is CC1CNCC(C)N1C(=O)c1cc(O)[nH]c(=O)c1. The Balaban J connectivity index is 2.32. The Labute approximate surface area is 105 Å². The summed E-state index contributed by atoms with van der Waals surface area (Å²) in [4.78, 5) is 27.6. The average Bonchev–Trinajstić information content (AvgIpc) is 2.27. The molecule has 2 heterocycles. The Morgan fingerprint density at radius 1 is 1.33 bits per heavy atom. The van der Waals surface area contributed by atoms with E-state index in [1.54, 1.807) is 4.90 Å². The van der Waals surface area contributed by atoms with Crippen LogP contribution in [0.2, 0.25) is 0 Å². The van der Waals surface area contributed by atoms with E-state index in [2.05, 4.69) is 10.3 Å². The van der Waals surface area contributed by atoms with Gasteiger partial charge in [-0.1, -0.05) is 0 Å². The van der Waals surface area contributed by atoms with Gasteiger partial charge in [0.2, 0.25) is 0 Å². The highest BCUT2D eigenvalue weighted by atomic mass is 16.3. The molecule has 98 valence electrons. The molecule has 18 heavy (non-hydrogen) atoms. The fourth-order valence-electron chi connectivity index (χ4n) is 2.33. The maximum absolute atomic E-state index is 12.4. The summed E-state index contributed by atoms with van der Waals surface area (Å²) in [6.45, 7) is 5.36. The Morgan fingerprint density at radius 3 is 2.50 bits per heavy atom. The third kappa shape index (κ3) is 2.38. The van der Waals surface area contributed by atoms with Crippen molar-refractivity contribution in [2.75, 3.05) is 13.1 Å². The first-order valence-electron chi connectivity index (χ1n) is 5.95. The van der Waals surface area contributed by atoms with Crippen LogP contribution in [0.3, 0.4) is 0 Å². The number of aromatic amines is 1. The number of hydrogen-bond donors (Lipinski definition) is 3. The van der Waals surface area contributed by atoms with Crippen LogP contribution in [-0.2, 0) is 0 Å². The van der Waals surface area contributed by atoms with Gasteiger partial charge in [-0.05, 0) is 13.8 Å². The molecule has 6 heteroatoms. The van der Waals surface area contributed by atoms with E-state index in [1.165, 1.54) is 12.1 Å². The molecule has 1 saturated heterocycles. The number of aromatic nitrogens is 1. The minimum Gasteiger partial charge on any atom is -0.494 e. The number of nitrogens with one attached hydrogen (secondary N) is 2. The molecule has 0 spiro atoms. The van der Waals surface area contributed by atoms with Crippen molar-refractivity contribution in [3.05, 3.63) is 28.0 Å². The number of hydrogen-bond acceptors (Lipinski definition) is 4. The summed E-state index contributed by atoms with van der Waals surface area (Å²) in [5, 5.41) is 12.6. The number of amides is 1. The molecule has 6 nitrogen and oxygen atoms in total. The zero-order valence-electron chi connectivity index (χ0n) is 10.4. The van der Waals surface area contributed by atoms with Gasteiger partial charge in [0.05, 0.1) is 5.56 Å². The maximum atomic E-state index is 12.4. The lowest BCUT2D eigenvalue weighted by Crippen LogP contribution is -2.57. The van der Waals surface area contributed by atoms with E-state index in [9.17, 15) is 14.7 Å². The first-order valence-corrected chi connectivity index (χ1v) is 5.95. The molecule has 2 unspecified atom stereocenters. The van der Waals surface area contributed by atoms with E-state index in [-0.39, 0.29) is 29.4 Å². The predicted octanol–water partition coefficient (Wildman–Crippen LogP) is -0.0971. The number of nitrogens with zero attached hydrogens (tertiary/aromatic N) is 1. The van der Waals surface area contributed by atoms with Gasteiger partial charge in [0.1, 0.15) is 0 Å². The van der Waals surface area contributed by atoms with Crippen LogP contribution in [-0.4, -0.2) is 46.1 Å². The molecule has 3 N–H and O–H groups in total. The van der Waals surface area contributed by atoms with Crippen molar-refractivity contribution in [3.63, 3.8) is 0 Å². The third-order valence-corrected chi connectivity index (χ3v) is 3.14. The van der Waals surface area contributed by atoms with Crippen LogP contribution in [0, 0.1) is 0 Å². The van der Waals surface area contributed by atoms with Crippen LogP contribution >= 0.6 is 0 Å². The Kier molecular flexibility index (Phi) is 3.38. The van der Waals surface area contributed by atoms with E-state index >= 15 is 0 Å². The van der Waals surface area contributed by atoms with Crippen molar-refractivity contribution in [2.45, 2.75) is 25.9 Å². The summed E-state index contributed by atoms with van der Waals surface area (Å²) in [5.74, 6) is -0.515. The number of carbonyl (C=O) groups is 1. The second-order valence-corrected chi connectivity index (χ2v) is 4.69. The molecular weight excluding hydrogens is 234 g/mol. The zero-order valence-corrected chi connectivity index (χ0v) is 10.4. The lowest BCUT2D eigenvalue weighted by Gasteiger charge is -2.39. The average molecular weight is 251 g/mol. The van der Waals surface area contributed by atoms with Crippen molar-refractivity contribution >= 4 is 5.91 Å². The number of H-pyrrole nitrogens is 1. The van der Waals surface area contributed by atoms with Gasteiger partial charge in [-0.15, -0.1) is 0 Å². The van der Waals surface area contributed by atoms with Crippen molar-refractivity contribution in [1.82, 2.24) is 15.2 Å². The van der Waals surface area contributed by atoms with Crippen LogP contribution in [0.1, 0.15) is 24.2 Å². The normalized spacial score (nSPS) is 24.0. The van der Waals surface area contributed by atoms with E-state index < -0.39 is 5.56 Å². The van der Waals surface area contributed by atoms with Gasteiger partial charge in [-0.3, -0.25) is 14.6 Å². The number of piperazine rings is 1. The minimum absolute atomic E-state index is 0.0580. The lowest BCUT2D eigenvalue weighted by atomic mass is 10.1. The lowest BCUT2D eigenvalue weighted by molar-refractivity contribution is 0.0543. The second kappa shape index (κ2) is 4.81. The Morgan fingerprint density at radius 2 is 1.94 bits per heavy atom. The largest absolute Gasteiger partial charge is 0.494 e. The number of pyridine rings is 1. The van der Waals surface area contributed by atoms with Gasteiger partial charge in [-0.2, -0.15) is 0 Å². The van der Waals surface area contributed by atoms with Crippen molar-refractivity contribution in [1.29, 1.82) is 0 Å². The summed E-state index contributed by atoms with van der Waals surface area (Å²) in [6.07, 6.45) is 0. The standard InChI is InChI=1S/C12H17N3O3/c1-7-5-13-6-8(2)15(7)12(18)9-3-10(16)14-11(17)4-9/h3-4,7-8,13H,5-6H2,1-2H3,(H2,14,16,17). The number of carbonyl (C=O) groups excluding carboxylic acids is 1. The Hall–Kier alpha value is -1.82. The van der Waals surface area contributed by atoms with Gasteiger partial charge >= 0.3 is 0 Å². The quantitative estimate of drug-likeness (QED) is 0.651. The van der Waals surface area contributed by atoms with Crippen LogP contribution in [0.25, 0.3) is 0 Å². The molecule has 0 saturated carbocycles. The monoisotopic (exact) mass is 251 g/mol. The highest BCUT2D eigenvalue weighted by Gasteiger charge is 2.29. The van der Waals surface area contributed by atoms with Crippen LogP contribution in [0.5, 0.6) is 5.88 Å². The molecule has 0 bridgehead atoms. The maximum Gasteiger partial charge on any atom is 0.254 e. The molecule has 2 rings (SSSR count). The topological polar surface area (TPSA) is 85.4 Å². The number of rotatable bonds is 1. The summed E-state index contributed by atoms with van der Waals surface area (Å²) in [7, 11) is 0. The molecule has 1 amide bonds. The van der Waals surface area contributed by atoms with Gasteiger partial charge < -0.3 is 15.3 Å².